The lowest BCUT2D eigenvalue weighted by atomic mass is 10.1. The van der Waals surface area contributed by atoms with Gasteiger partial charge in [-0.1, -0.05) is 17.7 Å². The van der Waals surface area contributed by atoms with E-state index in [2.05, 4.69) is 37.5 Å². The Balaban J connectivity index is 1.25. The fourth-order valence-corrected chi connectivity index (χ4v) is 7.62. The van der Waals surface area contributed by atoms with Crippen molar-refractivity contribution in [1.29, 1.82) is 0 Å². The number of carbonyl (C=O) groups excluding carboxylic acids is 2. The van der Waals surface area contributed by atoms with Crippen LogP contribution in [-0.4, -0.2) is 110 Å². The van der Waals surface area contributed by atoms with Crippen molar-refractivity contribution in [2.75, 3.05) is 64.9 Å². The number of hydrogen-bond donors (Lipinski definition) is 4. The van der Waals surface area contributed by atoms with E-state index in [9.17, 15) is 18.0 Å². The van der Waals surface area contributed by atoms with Crippen LogP contribution >= 0.6 is 0 Å². The summed E-state index contributed by atoms with van der Waals surface area (Å²) in [7, 11) is -2.08. The third kappa shape index (κ3) is 8.78. The van der Waals surface area contributed by atoms with Gasteiger partial charge in [-0.3, -0.25) is 14.3 Å². The van der Waals surface area contributed by atoms with Crippen LogP contribution in [0, 0.1) is 20.8 Å². The molecule has 1 saturated heterocycles. The Morgan fingerprint density at radius 3 is 2.58 bits per heavy atom. The second-order valence-electron chi connectivity index (χ2n) is 12.5. The number of quaternary nitrogens is 1. The molecule has 0 spiro atoms. The number of imidazole rings is 1. The number of aromatic nitrogens is 4. The van der Waals surface area contributed by atoms with Crippen LogP contribution in [0.25, 0.3) is 10.9 Å². The Morgan fingerprint density at radius 2 is 1.88 bits per heavy atom. The fourth-order valence-electron chi connectivity index (χ4n) is 5.99. The number of benzene rings is 2. The van der Waals surface area contributed by atoms with E-state index in [0.29, 0.717) is 60.0 Å². The SMILES string of the molecule is Cc1cc(C)c(S(=O)(=O)NC(CNC(=O)c2ccc3c(cnn3CCCNc3ncc[nH]3)c2)C(=O)OCC[N+]2(C)CCOCC2)c(C)c1. The van der Waals surface area contributed by atoms with E-state index in [1.54, 1.807) is 56.7 Å². The topological polar surface area (TPSA) is 169 Å². The van der Waals surface area contributed by atoms with Gasteiger partial charge in [0.15, 0.2) is 5.95 Å². The number of sulfonamides is 1. The number of aromatic amines is 1. The van der Waals surface area contributed by atoms with Gasteiger partial charge in [0.05, 0.1) is 36.9 Å². The maximum absolute atomic E-state index is 13.6. The van der Waals surface area contributed by atoms with E-state index in [1.165, 1.54) is 0 Å². The highest BCUT2D eigenvalue weighted by Crippen LogP contribution is 2.22. The summed E-state index contributed by atoms with van der Waals surface area (Å²) in [5.41, 5.74) is 3.27. The molecular weight excluding hydrogens is 636 g/mol. The minimum atomic E-state index is -4.14. The first kappa shape index (κ1) is 35.0. The number of carbonyl (C=O) groups is 2. The largest absolute Gasteiger partial charge is 0.458 e. The van der Waals surface area contributed by atoms with Crippen molar-refractivity contribution >= 4 is 38.8 Å². The van der Waals surface area contributed by atoms with Crippen molar-refractivity contribution in [2.45, 2.75) is 44.7 Å². The number of nitrogens with one attached hydrogen (secondary N) is 4. The van der Waals surface area contributed by atoms with Gasteiger partial charge in [-0.15, -0.1) is 0 Å². The Bertz CT molecular complexity index is 1810. The predicted molar refractivity (Wildman–Crippen MR) is 181 cm³/mol. The molecule has 1 fully saturated rings. The molecule has 258 valence electrons. The summed E-state index contributed by atoms with van der Waals surface area (Å²) in [5, 5.41) is 11.2. The van der Waals surface area contributed by atoms with Gasteiger partial charge in [0, 0.05) is 43.0 Å². The monoisotopic (exact) mass is 681 g/mol. The van der Waals surface area contributed by atoms with E-state index in [1.807, 2.05) is 17.7 Å². The molecule has 14 nitrogen and oxygen atoms in total. The minimum absolute atomic E-state index is 0.0998. The molecule has 0 aliphatic carbocycles. The van der Waals surface area contributed by atoms with Gasteiger partial charge in [0.25, 0.3) is 5.91 Å². The summed E-state index contributed by atoms with van der Waals surface area (Å²) in [4.78, 5) is 33.9. The van der Waals surface area contributed by atoms with Gasteiger partial charge in [-0.2, -0.15) is 9.82 Å². The highest BCUT2D eigenvalue weighted by Gasteiger charge is 2.31. The molecule has 0 bridgehead atoms. The molecule has 4 aromatic rings. The Morgan fingerprint density at radius 1 is 1.12 bits per heavy atom. The van der Waals surface area contributed by atoms with Crippen molar-refractivity contribution in [1.82, 2.24) is 29.8 Å². The summed E-state index contributed by atoms with van der Waals surface area (Å²) < 4.78 is 43.4. The summed E-state index contributed by atoms with van der Waals surface area (Å²) in [6, 6.07) is 7.43. The molecule has 1 atom stereocenters. The molecule has 1 amide bonds. The van der Waals surface area contributed by atoms with E-state index in [0.717, 1.165) is 36.0 Å². The fraction of sp³-hybridized carbons (Fsp3) is 0.455. The molecule has 3 heterocycles. The maximum atomic E-state index is 13.6. The number of morpholine rings is 1. The van der Waals surface area contributed by atoms with Crippen molar-refractivity contribution in [2.24, 2.45) is 0 Å². The first-order valence-electron chi connectivity index (χ1n) is 16.1. The smallest absolute Gasteiger partial charge is 0.326 e. The minimum Gasteiger partial charge on any atom is -0.458 e. The summed E-state index contributed by atoms with van der Waals surface area (Å²) in [5.74, 6) is -0.513. The van der Waals surface area contributed by atoms with Gasteiger partial charge < -0.3 is 29.6 Å². The number of aryl methyl sites for hydroxylation is 4. The van der Waals surface area contributed by atoms with E-state index < -0.39 is 27.9 Å². The van der Waals surface area contributed by atoms with Crippen LogP contribution in [0.5, 0.6) is 0 Å². The molecule has 2 aromatic carbocycles. The highest BCUT2D eigenvalue weighted by atomic mass is 32.2. The third-order valence-corrected chi connectivity index (χ3v) is 10.4. The van der Waals surface area contributed by atoms with Crippen LogP contribution in [0.2, 0.25) is 0 Å². The summed E-state index contributed by atoms with van der Waals surface area (Å²) in [6.07, 6.45) is 5.94. The lowest BCUT2D eigenvalue weighted by molar-refractivity contribution is -0.917. The van der Waals surface area contributed by atoms with Crippen molar-refractivity contribution in [3.8, 4) is 0 Å². The molecule has 1 aliphatic rings. The number of rotatable bonds is 15. The van der Waals surface area contributed by atoms with Crippen LogP contribution in [-0.2, 0) is 30.8 Å². The second kappa shape index (κ2) is 15.3. The summed E-state index contributed by atoms with van der Waals surface area (Å²) in [6.45, 7) is 9.89. The van der Waals surface area contributed by atoms with Crippen LogP contribution in [0.3, 0.4) is 0 Å². The molecule has 0 radical (unpaired) electrons. The first-order valence-corrected chi connectivity index (χ1v) is 17.6. The average Bonchev–Trinajstić information content (AvgIpc) is 3.70. The quantitative estimate of drug-likeness (QED) is 0.0836. The summed E-state index contributed by atoms with van der Waals surface area (Å²) >= 11 is 0. The van der Waals surface area contributed by atoms with Crippen LogP contribution < -0.4 is 15.4 Å². The van der Waals surface area contributed by atoms with Crippen molar-refractivity contribution in [3.63, 3.8) is 0 Å². The van der Waals surface area contributed by atoms with Crippen molar-refractivity contribution < 1.29 is 32.0 Å². The van der Waals surface area contributed by atoms with Gasteiger partial charge in [0.2, 0.25) is 10.0 Å². The lowest BCUT2D eigenvalue weighted by Crippen LogP contribution is -2.54. The van der Waals surface area contributed by atoms with Gasteiger partial charge in [-0.25, -0.2) is 13.4 Å². The molecule has 2 aromatic heterocycles. The van der Waals surface area contributed by atoms with Crippen LogP contribution in [0.4, 0.5) is 5.95 Å². The Hall–Kier alpha value is -4.31. The Kier molecular flexibility index (Phi) is 11.1. The van der Waals surface area contributed by atoms with Gasteiger partial charge in [-0.05, 0) is 56.5 Å². The number of esters is 1. The standard InChI is InChI=1S/C33H44N8O6S/c1-23-18-24(2)30(25(3)19-23)48(44,45)39-28(32(43)47-17-14-41(4)12-15-46-16-13-41)22-37-31(42)26-6-7-29-27(20-26)21-38-40(29)11-5-8-34-33-35-9-10-36-33/h6-7,9-10,18-21,28,39H,5,8,11-17,22H2,1-4H3,(H2-,34,35,36,37,42)/p+1. The highest BCUT2D eigenvalue weighted by molar-refractivity contribution is 7.89. The normalized spacial score (nSPS) is 15.2. The number of H-pyrrole nitrogens is 1. The Labute approximate surface area is 280 Å². The van der Waals surface area contributed by atoms with Gasteiger partial charge >= 0.3 is 5.97 Å². The molecule has 1 unspecified atom stereocenters. The number of fused-ring (bicyclic) bond motifs is 1. The zero-order valence-electron chi connectivity index (χ0n) is 27.9. The van der Waals surface area contributed by atoms with E-state index in [4.69, 9.17) is 9.47 Å². The van der Waals surface area contributed by atoms with E-state index >= 15 is 0 Å². The molecule has 48 heavy (non-hydrogen) atoms. The number of nitrogens with zero attached hydrogens (tertiary/aromatic N) is 4. The molecule has 1 aliphatic heterocycles. The van der Waals surface area contributed by atoms with E-state index in [-0.39, 0.29) is 18.0 Å². The zero-order valence-corrected chi connectivity index (χ0v) is 28.7. The average molecular weight is 682 g/mol. The number of ether oxygens (including phenoxy) is 2. The predicted octanol–water partition coefficient (Wildman–Crippen LogP) is 2.28. The van der Waals surface area contributed by atoms with Crippen LogP contribution in [0.15, 0.2) is 53.8 Å². The first-order chi connectivity index (χ1) is 22.9. The lowest BCUT2D eigenvalue weighted by Gasteiger charge is -2.37. The third-order valence-electron chi connectivity index (χ3n) is 8.59. The molecule has 5 rings (SSSR count). The van der Waals surface area contributed by atoms with Crippen LogP contribution in [0.1, 0.15) is 33.5 Å². The zero-order chi connectivity index (χ0) is 34.3. The molecule has 15 heteroatoms. The molecular formula is C33H45N8O6S+. The second-order valence-corrected chi connectivity index (χ2v) is 14.2. The van der Waals surface area contributed by atoms with Crippen molar-refractivity contribution in [3.05, 3.63) is 71.2 Å². The number of anilines is 1. The number of hydrogen-bond acceptors (Lipinski definition) is 9. The maximum Gasteiger partial charge on any atom is 0.326 e. The molecule has 0 saturated carbocycles. The van der Waals surface area contributed by atoms with Gasteiger partial charge in [0.1, 0.15) is 32.3 Å². The molecule has 4 N–H and O–H groups in total. The number of likely N-dealkylation sites (N-methyl/N-ethyl adjacent to an activating group) is 1. The number of amides is 1.